The highest BCUT2D eigenvalue weighted by Gasteiger charge is 2.18. The molecule has 1 aromatic heterocycles. The summed E-state index contributed by atoms with van der Waals surface area (Å²) >= 11 is 6.08. The van der Waals surface area contributed by atoms with E-state index >= 15 is 0 Å². The first-order chi connectivity index (χ1) is 7.25. The van der Waals surface area contributed by atoms with Gasteiger partial charge in [-0.25, -0.2) is 0 Å². The van der Waals surface area contributed by atoms with Crippen molar-refractivity contribution in [1.82, 2.24) is 10.2 Å². The molecule has 3 nitrogen and oxygen atoms in total. The summed E-state index contributed by atoms with van der Waals surface area (Å²) < 4.78 is 0. The van der Waals surface area contributed by atoms with Gasteiger partial charge in [-0.1, -0.05) is 17.7 Å². The van der Waals surface area contributed by atoms with Crippen LogP contribution in [0.2, 0.25) is 5.02 Å². The first kappa shape index (κ1) is 8.80. The lowest BCUT2D eigenvalue weighted by atomic mass is 9.99. The number of anilines is 2. The van der Waals surface area contributed by atoms with E-state index in [4.69, 9.17) is 11.6 Å². The van der Waals surface area contributed by atoms with Crippen LogP contribution in [0.3, 0.4) is 0 Å². The van der Waals surface area contributed by atoms with Gasteiger partial charge in [-0.2, -0.15) is 5.10 Å². The predicted octanol–water partition coefficient (Wildman–Crippen LogP) is 3.02. The predicted molar refractivity (Wildman–Crippen MR) is 60.9 cm³/mol. The van der Waals surface area contributed by atoms with E-state index < -0.39 is 0 Å². The standard InChI is InChI=1S/C11H10ClN3/c1-6-8(12)3-2-7-4-9-10(5-13-15-9)14-11(6)7/h2-3,5,14H,4H2,1H3,(H,13,15). The summed E-state index contributed by atoms with van der Waals surface area (Å²) in [6, 6.07) is 4.00. The van der Waals surface area contributed by atoms with Crippen molar-refractivity contribution >= 4 is 23.0 Å². The monoisotopic (exact) mass is 219 g/mol. The highest BCUT2D eigenvalue weighted by atomic mass is 35.5. The van der Waals surface area contributed by atoms with Gasteiger partial charge in [0.15, 0.2) is 0 Å². The zero-order valence-corrected chi connectivity index (χ0v) is 9.02. The Kier molecular flexibility index (Phi) is 1.76. The minimum Gasteiger partial charge on any atom is -0.352 e. The second-order valence-corrected chi connectivity index (χ2v) is 4.18. The molecule has 0 saturated carbocycles. The third-order valence-corrected chi connectivity index (χ3v) is 3.24. The maximum absolute atomic E-state index is 6.08. The Morgan fingerprint density at radius 2 is 2.27 bits per heavy atom. The largest absolute Gasteiger partial charge is 0.352 e. The molecule has 3 rings (SSSR count). The van der Waals surface area contributed by atoms with Crippen LogP contribution in [0.15, 0.2) is 18.3 Å². The number of aromatic nitrogens is 2. The average Bonchev–Trinajstić information content (AvgIpc) is 2.68. The van der Waals surface area contributed by atoms with Gasteiger partial charge in [-0.3, -0.25) is 5.10 Å². The van der Waals surface area contributed by atoms with Gasteiger partial charge in [0, 0.05) is 17.1 Å². The molecule has 0 fully saturated rings. The van der Waals surface area contributed by atoms with E-state index in [9.17, 15) is 0 Å². The number of fused-ring (bicyclic) bond motifs is 2. The van der Waals surface area contributed by atoms with E-state index in [0.717, 1.165) is 34.1 Å². The van der Waals surface area contributed by atoms with Crippen LogP contribution in [0.1, 0.15) is 16.8 Å². The Balaban J connectivity index is 2.17. The minimum atomic E-state index is 0.799. The maximum Gasteiger partial charge on any atom is 0.0804 e. The molecule has 0 radical (unpaired) electrons. The fourth-order valence-electron chi connectivity index (χ4n) is 1.94. The number of nitrogens with one attached hydrogen (secondary N) is 2. The number of hydrogen-bond donors (Lipinski definition) is 2. The molecule has 0 spiro atoms. The Morgan fingerprint density at radius 3 is 3.13 bits per heavy atom. The van der Waals surface area contributed by atoms with Crippen molar-refractivity contribution in [3.8, 4) is 0 Å². The van der Waals surface area contributed by atoms with Crippen LogP contribution in [-0.2, 0) is 6.42 Å². The lowest BCUT2D eigenvalue weighted by Crippen LogP contribution is -2.07. The number of H-pyrrole nitrogens is 1. The summed E-state index contributed by atoms with van der Waals surface area (Å²) in [6.07, 6.45) is 2.69. The molecule has 4 heteroatoms. The fourth-order valence-corrected chi connectivity index (χ4v) is 2.10. The number of hydrogen-bond acceptors (Lipinski definition) is 2. The summed E-state index contributed by atoms with van der Waals surface area (Å²) in [5, 5.41) is 11.2. The van der Waals surface area contributed by atoms with Crippen LogP contribution < -0.4 is 5.32 Å². The molecule has 1 aliphatic heterocycles. The van der Waals surface area contributed by atoms with Gasteiger partial charge in [0.05, 0.1) is 17.6 Å². The summed E-state index contributed by atoms with van der Waals surface area (Å²) in [7, 11) is 0. The lowest BCUT2D eigenvalue weighted by molar-refractivity contribution is 0.990. The Hall–Kier alpha value is -1.48. The maximum atomic E-state index is 6.08. The number of aromatic amines is 1. The van der Waals surface area contributed by atoms with Crippen LogP contribution in [0.5, 0.6) is 0 Å². The molecule has 0 bridgehead atoms. The Morgan fingerprint density at radius 1 is 1.40 bits per heavy atom. The second kappa shape index (κ2) is 3.00. The van der Waals surface area contributed by atoms with Crippen LogP contribution in [0.4, 0.5) is 11.4 Å². The number of rotatable bonds is 0. The SMILES string of the molecule is Cc1c(Cl)ccc2c1Nc1cn[nH]c1C2. The van der Waals surface area contributed by atoms with Gasteiger partial charge in [0.25, 0.3) is 0 Å². The molecule has 15 heavy (non-hydrogen) atoms. The normalized spacial score (nSPS) is 12.9. The van der Waals surface area contributed by atoms with Gasteiger partial charge in [0.2, 0.25) is 0 Å². The van der Waals surface area contributed by atoms with Crippen molar-refractivity contribution in [3.05, 3.63) is 40.2 Å². The first-order valence-electron chi connectivity index (χ1n) is 4.83. The van der Waals surface area contributed by atoms with E-state index in [1.54, 1.807) is 6.20 Å². The first-order valence-corrected chi connectivity index (χ1v) is 5.21. The molecule has 2 N–H and O–H groups in total. The van der Waals surface area contributed by atoms with Crippen molar-refractivity contribution in [2.45, 2.75) is 13.3 Å². The van der Waals surface area contributed by atoms with E-state index in [1.165, 1.54) is 5.56 Å². The molecule has 0 unspecified atom stereocenters. The summed E-state index contributed by atoms with van der Waals surface area (Å²) in [5.41, 5.74) is 5.66. The number of benzene rings is 1. The Bertz CT molecular complexity index is 531. The minimum absolute atomic E-state index is 0.799. The molecule has 0 saturated heterocycles. The molecule has 0 aliphatic carbocycles. The summed E-state index contributed by atoms with van der Waals surface area (Å²) in [4.78, 5) is 0. The number of halogens is 1. The van der Waals surface area contributed by atoms with E-state index in [-0.39, 0.29) is 0 Å². The molecule has 1 aliphatic rings. The lowest BCUT2D eigenvalue weighted by Gasteiger charge is -2.20. The molecule has 0 amide bonds. The molecule has 76 valence electrons. The van der Waals surface area contributed by atoms with Gasteiger partial charge in [-0.05, 0) is 24.1 Å². The Labute approximate surface area is 92.5 Å². The van der Waals surface area contributed by atoms with Gasteiger partial charge in [-0.15, -0.1) is 0 Å². The van der Waals surface area contributed by atoms with Crippen LogP contribution >= 0.6 is 11.6 Å². The van der Waals surface area contributed by atoms with E-state index in [0.29, 0.717) is 0 Å². The summed E-state index contributed by atoms with van der Waals surface area (Å²) in [5.74, 6) is 0. The van der Waals surface area contributed by atoms with Crippen molar-refractivity contribution < 1.29 is 0 Å². The molecule has 2 heterocycles. The third-order valence-electron chi connectivity index (χ3n) is 2.83. The van der Waals surface area contributed by atoms with Gasteiger partial charge in [0.1, 0.15) is 0 Å². The number of nitrogens with zero attached hydrogens (tertiary/aromatic N) is 1. The quantitative estimate of drug-likeness (QED) is 0.610. The zero-order chi connectivity index (χ0) is 10.4. The van der Waals surface area contributed by atoms with Crippen molar-refractivity contribution in [1.29, 1.82) is 0 Å². The zero-order valence-electron chi connectivity index (χ0n) is 8.26. The average molecular weight is 220 g/mol. The second-order valence-electron chi connectivity index (χ2n) is 3.77. The fraction of sp³-hybridized carbons (Fsp3) is 0.182. The molecule has 1 aromatic carbocycles. The topological polar surface area (TPSA) is 40.7 Å². The third kappa shape index (κ3) is 1.23. The van der Waals surface area contributed by atoms with Crippen LogP contribution in [-0.4, -0.2) is 10.2 Å². The van der Waals surface area contributed by atoms with Gasteiger partial charge >= 0.3 is 0 Å². The van der Waals surface area contributed by atoms with Crippen molar-refractivity contribution in [2.24, 2.45) is 0 Å². The molecular weight excluding hydrogens is 210 g/mol. The van der Waals surface area contributed by atoms with Crippen LogP contribution in [0, 0.1) is 6.92 Å². The van der Waals surface area contributed by atoms with E-state index in [2.05, 4.69) is 21.6 Å². The highest BCUT2D eigenvalue weighted by molar-refractivity contribution is 6.31. The smallest absolute Gasteiger partial charge is 0.0804 e. The van der Waals surface area contributed by atoms with Gasteiger partial charge < -0.3 is 5.32 Å². The molecular formula is C11H10ClN3. The highest BCUT2D eigenvalue weighted by Crippen LogP contribution is 2.36. The van der Waals surface area contributed by atoms with Crippen LogP contribution in [0.25, 0.3) is 0 Å². The molecule has 2 aromatic rings. The summed E-state index contributed by atoms with van der Waals surface area (Å²) in [6.45, 7) is 2.03. The molecule has 0 atom stereocenters. The van der Waals surface area contributed by atoms with E-state index in [1.807, 2.05) is 13.0 Å². The van der Waals surface area contributed by atoms with Crippen molar-refractivity contribution in [2.75, 3.05) is 5.32 Å². The van der Waals surface area contributed by atoms with Crippen molar-refractivity contribution in [3.63, 3.8) is 0 Å².